The van der Waals surface area contributed by atoms with Crippen LogP contribution in [0.15, 0.2) is 12.1 Å². The van der Waals surface area contributed by atoms with E-state index in [9.17, 15) is 4.79 Å². The number of benzene rings is 1. The predicted octanol–water partition coefficient (Wildman–Crippen LogP) is 3.80. The molecule has 0 atom stereocenters. The van der Waals surface area contributed by atoms with E-state index in [4.69, 9.17) is 14.2 Å². The minimum Gasteiger partial charge on any atom is -0.493 e. The monoisotopic (exact) mass is 323 g/mol. The first-order valence-electron chi connectivity index (χ1n) is 8.26. The van der Waals surface area contributed by atoms with Crippen molar-refractivity contribution in [3.63, 3.8) is 0 Å². The molecule has 0 aliphatic carbocycles. The number of nitrogens with one attached hydrogen (secondary N) is 1. The van der Waals surface area contributed by atoms with Crippen LogP contribution in [0.2, 0.25) is 0 Å². The normalized spacial score (nSPS) is 10.3. The lowest BCUT2D eigenvalue weighted by atomic mass is 10.1. The SMILES string of the molecule is CCCCCCCCNC(=O)c1cc(OC)c(OC)c(OC)c1. The summed E-state index contributed by atoms with van der Waals surface area (Å²) in [5.74, 6) is 1.33. The molecule has 0 aromatic heterocycles. The van der Waals surface area contributed by atoms with Crippen molar-refractivity contribution in [2.75, 3.05) is 27.9 Å². The van der Waals surface area contributed by atoms with E-state index in [1.165, 1.54) is 39.9 Å². The molecule has 5 heteroatoms. The van der Waals surface area contributed by atoms with Crippen molar-refractivity contribution in [2.45, 2.75) is 45.4 Å². The molecule has 1 aromatic carbocycles. The Morgan fingerprint density at radius 2 is 1.48 bits per heavy atom. The molecule has 0 heterocycles. The Morgan fingerprint density at radius 1 is 0.913 bits per heavy atom. The molecular weight excluding hydrogens is 294 g/mol. The molecule has 1 amide bonds. The number of hydrogen-bond donors (Lipinski definition) is 1. The van der Waals surface area contributed by atoms with Gasteiger partial charge in [0.25, 0.3) is 5.91 Å². The summed E-state index contributed by atoms with van der Waals surface area (Å²) in [6.45, 7) is 2.89. The van der Waals surface area contributed by atoms with Crippen molar-refractivity contribution in [3.05, 3.63) is 17.7 Å². The number of amides is 1. The number of hydrogen-bond acceptors (Lipinski definition) is 4. The van der Waals surface area contributed by atoms with Crippen LogP contribution in [0.1, 0.15) is 55.8 Å². The van der Waals surface area contributed by atoms with E-state index in [0.717, 1.165) is 12.8 Å². The molecule has 1 aromatic rings. The van der Waals surface area contributed by atoms with Gasteiger partial charge in [0, 0.05) is 12.1 Å². The Kier molecular flexibility index (Phi) is 8.95. The lowest BCUT2D eigenvalue weighted by Gasteiger charge is -2.14. The van der Waals surface area contributed by atoms with Crippen molar-refractivity contribution >= 4 is 5.91 Å². The highest BCUT2D eigenvalue weighted by atomic mass is 16.5. The fraction of sp³-hybridized carbons (Fsp3) is 0.611. The molecule has 0 saturated carbocycles. The van der Waals surface area contributed by atoms with Crippen LogP contribution in [0.3, 0.4) is 0 Å². The number of carbonyl (C=O) groups is 1. The summed E-state index contributed by atoms with van der Waals surface area (Å²) in [5.41, 5.74) is 0.505. The first-order valence-corrected chi connectivity index (χ1v) is 8.26. The van der Waals surface area contributed by atoms with Gasteiger partial charge in [0.05, 0.1) is 21.3 Å². The van der Waals surface area contributed by atoms with Crippen LogP contribution in [0, 0.1) is 0 Å². The van der Waals surface area contributed by atoms with Gasteiger partial charge in [-0.05, 0) is 18.6 Å². The maximum Gasteiger partial charge on any atom is 0.251 e. The fourth-order valence-corrected chi connectivity index (χ4v) is 2.42. The summed E-state index contributed by atoms with van der Waals surface area (Å²) in [5, 5.41) is 2.94. The Hall–Kier alpha value is -1.91. The zero-order valence-electron chi connectivity index (χ0n) is 14.7. The van der Waals surface area contributed by atoms with Crippen molar-refractivity contribution in [1.82, 2.24) is 5.32 Å². The minimum atomic E-state index is -0.127. The van der Waals surface area contributed by atoms with E-state index in [1.54, 1.807) is 19.2 Å². The molecule has 1 N–H and O–H groups in total. The molecule has 5 nitrogen and oxygen atoms in total. The van der Waals surface area contributed by atoms with Gasteiger partial charge < -0.3 is 19.5 Å². The largest absolute Gasteiger partial charge is 0.493 e. The molecule has 130 valence electrons. The fourth-order valence-electron chi connectivity index (χ4n) is 2.42. The summed E-state index contributed by atoms with van der Waals surface area (Å²) in [7, 11) is 4.61. The van der Waals surface area contributed by atoms with Gasteiger partial charge in [0.15, 0.2) is 11.5 Å². The topological polar surface area (TPSA) is 56.8 Å². The highest BCUT2D eigenvalue weighted by molar-refractivity contribution is 5.95. The van der Waals surface area contributed by atoms with Crippen LogP contribution < -0.4 is 19.5 Å². The molecule has 0 radical (unpaired) electrons. The van der Waals surface area contributed by atoms with Gasteiger partial charge in [-0.3, -0.25) is 4.79 Å². The Labute approximate surface area is 139 Å². The first-order chi connectivity index (χ1) is 11.2. The standard InChI is InChI=1S/C18H29NO4/c1-5-6-7-8-9-10-11-19-18(20)14-12-15(21-2)17(23-4)16(13-14)22-3/h12-13H,5-11H2,1-4H3,(H,19,20). The summed E-state index contributed by atoms with van der Waals surface area (Å²) in [4.78, 5) is 12.3. The van der Waals surface area contributed by atoms with E-state index in [2.05, 4.69) is 12.2 Å². The second-order valence-corrected chi connectivity index (χ2v) is 5.44. The zero-order valence-corrected chi connectivity index (χ0v) is 14.7. The smallest absolute Gasteiger partial charge is 0.251 e. The van der Waals surface area contributed by atoms with Crippen molar-refractivity contribution in [2.24, 2.45) is 0 Å². The predicted molar refractivity (Wildman–Crippen MR) is 91.8 cm³/mol. The zero-order chi connectivity index (χ0) is 17.1. The summed E-state index contributed by atoms with van der Waals surface area (Å²) < 4.78 is 15.8. The van der Waals surface area contributed by atoms with Crippen molar-refractivity contribution < 1.29 is 19.0 Å². The summed E-state index contributed by atoms with van der Waals surface area (Å²) in [6.07, 6.45) is 7.19. The van der Waals surface area contributed by atoms with Gasteiger partial charge in [-0.2, -0.15) is 0 Å². The molecule has 0 bridgehead atoms. The number of carbonyl (C=O) groups excluding carboxylic acids is 1. The van der Waals surface area contributed by atoms with Gasteiger partial charge in [-0.15, -0.1) is 0 Å². The van der Waals surface area contributed by atoms with Crippen LogP contribution in [0.4, 0.5) is 0 Å². The molecule has 0 saturated heterocycles. The number of ether oxygens (including phenoxy) is 3. The van der Waals surface area contributed by atoms with Crippen LogP contribution in [-0.4, -0.2) is 33.8 Å². The van der Waals surface area contributed by atoms with Crippen LogP contribution in [-0.2, 0) is 0 Å². The second-order valence-electron chi connectivity index (χ2n) is 5.44. The maximum atomic E-state index is 12.3. The second kappa shape index (κ2) is 10.8. The molecule has 0 unspecified atom stereocenters. The average molecular weight is 323 g/mol. The van der Waals surface area contributed by atoms with E-state index < -0.39 is 0 Å². The van der Waals surface area contributed by atoms with Gasteiger partial charge >= 0.3 is 0 Å². The van der Waals surface area contributed by atoms with Crippen LogP contribution >= 0.6 is 0 Å². The van der Waals surface area contributed by atoms with E-state index >= 15 is 0 Å². The first kappa shape index (κ1) is 19.1. The molecule has 0 spiro atoms. The van der Waals surface area contributed by atoms with Crippen molar-refractivity contribution in [1.29, 1.82) is 0 Å². The van der Waals surface area contributed by atoms with E-state index in [1.807, 2.05) is 0 Å². The molecule has 0 aliphatic heterocycles. The van der Waals surface area contributed by atoms with E-state index in [0.29, 0.717) is 29.4 Å². The van der Waals surface area contributed by atoms with Gasteiger partial charge in [-0.25, -0.2) is 0 Å². The molecule has 0 fully saturated rings. The minimum absolute atomic E-state index is 0.127. The summed E-state index contributed by atoms with van der Waals surface area (Å²) >= 11 is 0. The van der Waals surface area contributed by atoms with Gasteiger partial charge in [-0.1, -0.05) is 39.0 Å². The summed E-state index contributed by atoms with van der Waals surface area (Å²) in [6, 6.07) is 3.33. The quantitative estimate of drug-likeness (QED) is 0.629. The molecule has 0 aliphatic rings. The average Bonchev–Trinajstić information content (AvgIpc) is 2.59. The number of rotatable bonds is 11. The third kappa shape index (κ3) is 6.00. The third-order valence-corrected chi connectivity index (χ3v) is 3.74. The number of methoxy groups -OCH3 is 3. The van der Waals surface area contributed by atoms with Gasteiger partial charge in [0.2, 0.25) is 5.75 Å². The lowest BCUT2D eigenvalue weighted by Crippen LogP contribution is -2.24. The highest BCUT2D eigenvalue weighted by Crippen LogP contribution is 2.38. The van der Waals surface area contributed by atoms with Crippen LogP contribution in [0.25, 0.3) is 0 Å². The lowest BCUT2D eigenvalue weighted by molar-refractivity contribution is 0.0952. The Balaban J connectivity index is 2.56. The maximum absolute atomic E-state index is 12.3. The third-order valence-electron chi connectivity index (χ3n) is 3.74. The Bertz CT molecular complexity index is 463. The molecule has 1 rings (SSSR count). The Morgan fingerprint density at radius 3 is 2.00 bits per heavy atom. The van der Waals surface area contributed by atoms with Gasteiger partial charge in [0.1, 0.15) is 0 Å². The van der Waals surface area contributed by atoms with Crippen molar-refractivity contribution in [3.8, 4) is 17.2 Å². The molecular formula is C18H29NO4. The molecule has 23 heavy (non-hydrogen) atoms. The highest BCUT2D eigenvalue weighted by Gasteiger charge is 2.16. The van der Waals surface area contributed by atoms with Crippen LogP contribution in [0.5, 0.6) is 17.2 Å². The van der Waals surface area contributed by atoms with E-state index in [-0.39, 0.29) is 5.91 Å². The number of unbranched alkanes of at least 4 members (excludes halogenated alkanes) is 5.